The third-order valence-corrected chi connectivity index (χ3v) is 4.66. The van der Waals surface area contributed by atoms with Crippen molar-refractivity contribution in [1.29, 1.82) is 0 Å². The lowest BCUT2D eigenvalue weighted by molar-refractivity contribution is -0.204. The molecule has 2 fully saturated rings. The minimum atomic E-state index is -0.806. The number of ether oxygens (including phenoxy) is 3. The number of hydrogen-bond acceptors (Lipinski definition) is 4. The van der Waals surface area contributed by atoms with Gasteiger partial charge in [-0.15, -0.1) is 0 Å². The molecule has 0 aromatic heterocycles. The van der Waals surface area contributed by atoms with Crippen molar-refractivity contribution in [2.75, 3.05) is 20.3 Å². The first-order valence-corrected chi connectivity index (χ1v) is 7.23. The number of methoxy groups -OCH3 is 1. The van der Waals surface area contributed by atoms with E-state index in [4.69, 9.17) is 14.2 Å². The highest BCUT2D eigenvalue weighted by atomic mass is 16.7. The molecule has 0 bridgehead atoms. The Kier molecular flexibility index (Phi) is 3.48. The van der Waals surface area contributed by atoms with Crippen LogP contribution in [-0.2, 0) is 15.1 Å². The van der Waals surface area contributed by atoms with Gasteiger partial charge in [-0.2, -0.15) is 0 Å². The van der Waals surface area contributed by atoms with E-state index in [0.29, 0.717) is 26.1 Å². The first-order valence-electron chi connectivity index (χ1n) is 7.23. The van der Waals surface area contributed by atoms with Crippen LogP contribution >= 0.6 is 0 Å². The van der Waals surface area contributed by atoms with E-state index in [2.05, 4.69) is 0 Å². The third-order valence-electron chi connectivity index (χ3n) is 4.66. The topological polar surface area (TPSA) is 47.9 Å². The predicted molar refractivity (Wildman–Crippen MR) is 74.7 cm³/mol. The van der Waals surface area contributed by atoms with E-state index in [1.807, 2.05) is 25.1 Å². The number of hydrogen-bond donors (Lipinski definition) is 1. The maximum atomic E-state index is 11.0. The number of benzene rings is 1. The van der Waals surface area contributed by atoms with Crippen LogP contribution in [0.25, 0.3) is 0 Å². The molecule has 1 aliphatic heterocycles. The van der Waals surface area contributed by atoms with Crippen molar-refractivity contribution in [3.05, 3.63) is 29.3 Å². The highest BCUT2D eigenvalue weighted by Crippen LogP contribution is 2.46. The molecule has 1 saturated heterocycles. The Labute approximate surface area is 119 Å². The molecule has 1 heterocycles. The quantitative estimate of drug-likeness (QED) is 0.903. The van der Waals surface area contributed by atoms with Crippen molar-refractivity contribution in [2.24, 2.45) is 0 Å². The van der Waals surface area contributed by atoms with Crippen molar-refractivity contribution in [3.63, 3.8) is 0 Å². The molecule has 20 heavy (non-hydrogen) atoms. The minimum Gasteiger partial charge on any atom is -0.496 e. The van der Waals surface area contributed by atoms with Crippen LogP contribution in [0.3, 0.4) is 0 Å². The van der Waals surface area contributed by atoms with Crippen LogP contribution in [0.2, 0.25) is 0 Å². The van der Waals surface area contributed by atoms with Crippen LogP contribution in [0.5, 0.6) is 5.75 Å². The maximum Gasteiger partial charge on any atom is 0.168 e. The van der Waals surface area contributed by atoms with Crippen molar-refractivity contribution in [3.8, 4) is 5.75 Å². The SMILES string of the molecule is COc1cccc(C2(O)CCC3(CC2)OCCO3)c1C. The Bertz CT molecular complexity index is 481. The Morgan fingerprint density at radius 2 is 1.75 bits per heavy atom. The zero-order chi connectivity index (χ0) is 14.2. The lowest BCUT2D eigenvalue weighted by Gasteiger charge is -2.41. The standard InChI is InChI=1S/C16H22O4/c1-12-13(4-3-5-14(12)18-2)15(17)6-8-16(9-7-15)19-10-11-20-16/h3-5,17H,6-11H2,1-2H3. The molecule has 1 N–H and O–H groups in total. The van der Waals surface area contributed by atoms with Gasteiger partial charge in [-0.3, -0.25) is 0 Å². The van der Waals surface area contributed by atoms with E-state index in [-0.39, 0.29) is 0 Å². The number of rotatable bonds is 2. The molecule has 1 aromatic carbocycles. The Morgan fingerprint density at radius 3 is 2.35 bits per heavy atom. The molecule has 4 nitrogen and oxygen atoms in total. The maximum absolute atomic E-state index is 11.0. The Hall–Kier alpha value is -1.10. The second-order valence-corrected chi connectivity index (χ2v) is 5.77. The summed E-state index contributed by atoms with van der Waals surface area (Å²) >= 11 is 0. The fourth-order valence-electron chi connectivity index (χ4n) is 3.44. The lowest BCUT2D eigenvalue weighted by Crippen LogP contribution is -2.42. The average Bonchev–Trinajstić information content (AvgIpc) is 2.92. The molecule has 4 heteroatoms. The fraction of sp³-hybridized carbons (Fsp3) is 0.625. The van der Waals surface area contributed by atoms with Crippen molar-refractivity contribution in [2.45, 2.75) is 44.0 Å². The second-order valence-electron chi connectivity index (χ2n) is 5.77. The van der Waals surface area contributed by atoms with Gasteiger partial charge < -0.3 is 19.3 Å². The molecule has 2 aliphatic rings. The van der Waals surface area contributed by atoms with Crippen LogP contribution in [-0.4, -0.2) is 31.2 Å². The van der Waals surface area contributed by atoms with Gasteiger partial charge >= 0.3 is 0 Å². The lowest BCUT2D eigenvalue weighted by atomic mass is 9.75. The molecular weight excluding hydrogens is 256 g/mol. The van der Waals surface area contributed by atoms with E-state index >= 15 is 0 Å². The molecule has 1 aliphatic carbocycles. The largest absolute Gasteiger partial charge is 0.496 e. The van der Waals surface area contributed by atoms with Crippen molar-refractivity contribution >= 4 is 0 Å². The summed E-state index contributed by atoms with van der Waals surface area (Å²) in [6.45, 7) is 3.33. The van der Waals surface area contributed by atoms with Gasteiger partial charge in [0.1, 0.15) is 5.75 Å². The van der Waals surface area contributed by atoms with Gasteiger partial charge in [-0.05, 0) is 37.0 Å². The molecule has 0 radical (unpaired) electrons. The number of aliphatic hydroxyl groups is 1. The zero-order valence-electron chi connectivity index (χ0n) is 12.1. The monoisotopic (exact) mass is 278 g/mol. The molecule has 0 unspecified atom stereocenters. The van der Waals surface area contributed by atoms with Gasteiger partial charge in [0.05, 0.1) is 25.9 Å². The van der Waals surface area contributed by atoms with Gasteiger partial charge in [-0.1, -0.05) is 12.1 Å². The zero-order valence-corrected chi connectivity index (χ0v) is 12.1. The first kappa shape index (κ1) is 13.9. The molecule has 0 atom stereocenters. The van der Waals surface area contributed by atoms with Gasteiger partial charge in [0.2, 0.25) is 0 Å². The van der Waals surface area contributed by atoms with Crippen molar-refractivity contribution < 1.29 is 19.3 Å². The third kappa shape index (κ3) is 2.22. The van der Waals surface area contributed by atoms with Gasteiger partial charge in [0, 0.05) is 12.8 Å². The first-order chi connectivity index (χ1) is 9.59. The molecule has 110 valence electrons. The molecule has 1 saturated carbocycles. The summed E-state index contributed by atoms with van der Waals surface area (Å²) in [5.41, 5.74) is 1.17. The minimum absolute atomic E-state index is 0.445. The average molecular weight is 278 g/mol. The summed E-state index contributed by atoms with van der Waals surface area (Å²) in [4.78, 5) is 0. The van der Waals surface area contributed by atoms with Gasteiger partial charge in [0.25, 0.3) is 0 Å². The van der Waals surface area contributed by atoms with E-state index in [1.54, 1.807) is 7.11 Å². The van der Waals surface area contributed by atoms with Crippen LogP contribution in [0.15, 0.2) is 18.2 Å². The van der Waals surface area contributed by atoms with E-state index in [9.17, 15) is 5.11 Å². The molecular formula is C16H22O4. The van der Waals surface area contributed by atoms with Gasteiger partial charge in [-0.25, -0.2) is 0 Å². The fourth-order valence-corrected chi connectivity index (χ4v) is 3.44. The van der Waals surface area contributed by atoms with Gasteiger partial charge in [0.15, 0.2) is 5.79 Å². The van der Waals surface area contributed by atoms with Crippen LogP contribution < -0.4 is 4.74 Å². The molecule has 3 rings (SSSR count). The van der Waals surface area contributed by atoms with E-state index < -0.39 is 11.4 Å². The normalized spacial score (nSPS) is 23.9. The summed E-state index contributed by atoms with van der Waals surface area (Å²) in [5, 5.41) is 11.0. The molecule has 1 aromatic rings. The molecule has 0 amide bonds. The summed E-state index contributed by atoms with van der Waals surface area (Å²) in [6, 6.07) is 5.86. The summed E-state index contributed by atoms with van der Waals surface area (Å²) < 4.78 is 16.8. The Morgan fingerprint density at radius 1 is 1.10 bits per heavy atom. The summed E-state index contributed by atoms with van der Waals surface area (Å²) in [7, 11) is 1.66. The highest BCUT2D eigenvalue weighted by molar-refractivity contribution is 5.42. The highest BCUT2D eigenvalue weighted by Gasteiger charge is 2.46. The predicted octanol–water partition coefficient (Wildman–Crippen LogP) is 2.51. The van der Waals surface area contributed by atoms with E-state index in [1.165, 1.54) is 0 Å². The summed E-state index contributed by atoms with van der Waals surface area (Å²) in [6.07, 6.45) is 2.78. The summed E-state index contributed by atoms with van der Waals surface area (Å²) in [5.74, 6) is 0.378. The Balaban J connectivity index is 1.84. The smallest absolute Gasteiger partial charge is 0.168 e. The van der Waals surface area contributed by atoms with Crippen LogP contribution in [0.1, 0.15) is 36.8 Å². The van der Waals surface area contributed by atoms with Crippen LogP contribution in [0.4, 0.5) is 0 Å². The second kappa shape index (κ2) is 5.02. The van der Waals surface area contributed by atoms with Crippen LogP contribution in [0, 0.1) is 6.92 Å². The van der Waals surface area contributed by atoms with Crippen molar-refractivity contribution in [1.82, 2.24) is 0 Å². The van der Waals surface area contributed by atoms with E-state index in [0.717, 1.165) is 29.7 Å². The molecule has 1 spiro atoms.